The number of benzene rings is 2. The zero-order valence-corrected chi connectivity index (χ0v) is 15.3. The summed E-state index contributed by atoms with van der Waals surface area (Å²) in [6.45, 7) is 3.75. The minimum Gasteiger partial charge on any atom is -0.348 e. The number of hydrogen-bond acceptors (Lipinski definition) is 2. The topological polar surface area (TPSA) is 42.0 Å². The molecule has 0 atom stereocenters. The number of nitrogens with one attached hydrogen (secondary N) is 1. The molecular weight excluding hydrogens is 372 g/mol. The number of pyridine rings is 1. The molecule has 3 rings (SSSR count). The Morgan fingerprint density at radius 3 is 2.50 bits per heavy atom. The molecule has 0 aliphatic rings. The fourth-order valence-electron chi connectivity index (χ4n) is 2.90. The van der Waals surface area contributed by atoms with Gasteiger partial charge in [0, 0.05) is 11.9 Å². The molecule has 1 heterocycles. The van der Waals surface area contributed by atoms with Gasteiger partial charge < -0.3 is 5.32 Å². The molecule has 28 heavy (non-hydrogen) atoms. The summed E-state index contributed by atoms with van der Waals surface area (Å²) in [6, 6.07) is 10.7. The van der Waals surface area contributed by atoms with Crippen LogP contribution in [0.5, 0.6) is 0 Å². The maximum atomic E-state index is 13.3. The average Bonchev–Trinajstić information content (AvgIpc) is 2.63. The first-order valence-electron chi connectivity index (χ1n) is 8.69. The van der Waals surface area contributed by atoms with Gasteiger partial charge in [-0.1, -0.05) is 32.0 Å². The number of carbonyl (C=O) groups is 1. The van der Waals surface area contributed by atoms with Crippen LogP contribution < -0.4 is 5.32 Å². The first-order chi connectivity index (χ1) is 13.1. The van der Waals surface area contributed by atoms with E-state index in [0.29, 0.717) is 22.2 Å². The number of carbonyl (C=O) groups excluding carboxylic acids is 1. The number of rotatable bonds is 4. The first-order valence-corrected chi connectivity index (χ1v) is 8.69. The van der Waals surface area contributed by atoms with Crippen LogP contribution in [0.3, 0.4) is 0 Å². The monoisotopic (exact) mass is 390 g/mol. The maximum absolute atomic E-state index is 13.3. The van der Waals surface area contributed by atoms with Gasteiger partial charge in [-0.15, -0.1) is 0 Å². The van der Waals surface area contributed by atoms with E-state index in [4.69, 9.17) is 0 Å². The molecule has 3 nitrogen and oxygen atoms in total. The second-order valence-electron chi connectivity index (χ2n) is 6.79. The Labute approximate surface area is 159 Å². The van der Waals surface area contributed by atoms with E-state index in [1.807, 2.05) is 13.8 Å². The van der Waals surface area contributed by atoms with E-state index in [0.717, 1.165) is 12.1 Å². The van der Waals surface area contributed by atoms with Crippen LogP contribution in [0.4, 0.5) is 17.6 Å². The van der Waals surface area contributed by atoms with Gasteiger partial charge in [0.15, 0.2) is 0 Å². The van der Waals surface area contributed by atoms with E-state index in [1.165, 1.54) is 18.2 Å². The molecule has 1 amide bonds. The maximum Gasteiger partial charge on any atom is 0.416 e. The number of hydrogen-bond donors (Lipinski definition) is 1. The number of alkyl halides is 3. The van der Waals surface area contributed by atoms with Crippen molar-refractivity contribution in [2.24, 2.45) is 0 Å². The quantitative estimate of drug-likeness (QED) is 0.602. The summed E-state index contributed by atoms with van der Waals surface area (Å²) < 4.78 is 52.1. The number of halogens is 4. The molecule has 3 aromatic rings. The number of fused-ring (bicyclic) bond motifs is 1. The smallest absolute Gasteiger partial charge is 0.348 e. The van der Waals surface area contributed by atoms with Gasteiger partial charge in [0.1, 0.15) is 5.82 Å². The van der Waals surface area contributed by atoms with Crippen LogP contribution in [0.1, 0.15) is 46.9 Å². The molecule has 7 heteroatoms. The van der Waals surface area contributed by atoms with Crippen LogP contribution in [0.2, 0.25) is 0 Å². The van der Waals surface area contributed by atoms with Crippen molar-refractivity contribution in [3.63, 3.8) is 0 Å². The molecule has 0 aliphatic carbocycles. The number of amides is 1. The largest absolute Gasteiger partial charge is 0.416 e. The van der Waals surface area contributed by atoms with Crippen LogP contribution in [-0.4, -0.2) is 10.9 Å². The molecule has 0 saturated carbocycles. The van der Waals surface area contributed by atoms with Crippen LogP contribution in [0.25, 0.3) is 10.9 Å². The Hall–Kier alpha value is -2.96. The molecule has 0 radical (unpaired) electrons. The predicted octanol–water partition coefficient (Wildman–Crippen LogP) is 5.45. The van der Waals surface area contributed by atoms with Crippen molar-refractivity contribution in [2.45, 2.75) is 32.5 Å². The standard InChI is InChI=1S/C21H18F4N2O/c1-12(2)19-17(20(28)26-11-13-4-3-5-16(22)8-13)9-14-6-7-15(21(23,24)25)10-18(14)27-19/h3-10,12H,11H2,1-2H3,(H,26,28). The normalized spacial score (nSPS) is 11.8. The zero-order chi connectivity index (χ0) is 20.5. The third-order valence-electron chi connectivity index (χ3n) is 4.31. The van der Waals surface area contributed by atoms with Crippen LogP contribution in [-0.2, 0) is 12.7 Å². The van der Waals surface area contributed by atoms with Crippen molar-refractivity contribution < 1.29 is 22.4 Å². The summed E-state index contributed by atoms with van der Waals surface area (Å²) in [5.74, 6) is -0.987. The summed E-state index contributed by atoms with van der Waals surface area (Å²) in [4.78, 5) is 17.0. The molecule has 146 valence electrons. The Morgan fingerprint density at radius 2 is 1.86 bits per heavy atom. The van der Waals surface area contributed by atoms with Gasteiger partial charge in [-0.2, -0.15) is 13.2 Å². The SMILES string of the molecule is CC(C)c1nc2cc(C(F)(F)F)ccc2cc1C(=O)NCc1cccc(F)c1. The van der Waals surface area contributed by atoms with Crippen molar-refractivity contribution >= 4 is 16.8 Å². The van der Waals surface area contributed by atoms with E-state index in [2.05, 4.69) is 10.3 Å². The second kappa shape index (κ2) is 7.58. The van der Waals surface area contributed by atoms with E-state index in [9.17, 15) is 22.4 Å². The molecule has 0 aliphatic heterocycles. The molecule has 2 aromatic carbocycles. The van der Waals surface area contributed by atoms with Gasteiger partial charge in [-0.05, 0) is 41.8 Å². The van der Waals surface area contributed by atoms with Gasteiger partial charge in [-0.25, -0.2) is 4.39 Å². The fraction of sp³-hybridized carbons (Fsp3) is 0.238. The molecule has 0 fully saturated rings. The highest BCUT2D eigenvalue weighted by Crippen LogP contribution is 2.32. The first kappa shape index (κ1) is 19.8. The van der Waals surface area contributed by atoms with Gasteiger partial charge in [-0.3, -0.25) is 9.78 Å². The van der Waals surface area contributed by atoms with Crippen LogP contribution in [0, 0.1) is 5.82 Å². The fourth-order valence-corrected chi connectivity index (χ4v) is 2.90. The Bertz CT molecular complexity index is 1030. The van der Waals surface area contributed by atoms with Gasteiger partial charge in [0.25, 0.3) is 5.91 Å². The summed E-state index contributed by atoms with van der Waals surface area (Å²) in [5, 5.41) is 3.15. The Morgan fingerprint density at radius 1 is 1.11 bits per heavy atom. The van der Waals surface area contributed by atoms with E-state index < -0.39 is 23.5 Å². The number of nitrogens with zero attached hydrogens (tertiary/aromatic N) is 1. The van der Waals surface area contributed by atoms with Crippen LogP contribution >= 0.6 is 0 Å². The second-order valence-corrected chi connectivity index (χ2v) is 6.79. The summed E-state index contributed by atoms with van der Waals surface area (Å²) in [6.07, 6.45) is -4.46. The molecule has 1 aromatic heterocycles. The molecular formula is C21H18F4N2O. The molecule has 0 bridgehead atoms. The molecule has 1 N–H and O–H groups in total. The average molecular weight is 390 g/mol. The van der Waals surface area contributed by atoms with E-state index in [1.54, 1.807) is 18.2 Å². The van der Waals surface area contributed by atoms with Crippen molar-refractivity contribution in [3.05, 3.63) is 76.7 Å². The zero-order valence-electron chi connectivity index (χ0n) is 15.3. The third kappa shape index (κ3) is 4.30. The summed E-state index contributed by atoms with van der Waals surface area (Å²) >= 11 is 0. The highest BCUT2D eigenvalue weighted by atomic mass is 19.4. The van der Waals surface area contributed by atoms with Gasteiger partial charge in [0.05, 0.1) is 22.3 Å². The van der Waals surface area contributed by atoms with Gasteiger partial charge >= 0.3 is 6.18 Å². The minimum absolute atomic E-state index is 0.124. The summed E-state index contributed by atoms with van der Waals surface area (Å²) in [5.41, 5.74) is 0.691. The van der Waals surface area contributed by atoms with Gasteiger partial charge in [0.2, 0.25) is 0 Å². The highest BCUT2D eigenvalue weighted by Gasteiger charge is 2.30. The van der Waals surface area contributed by atoms with Crippen LogP contribution in [0.15, 0.2) is 48.5 Å². The lowest BCUT2D eigenvalue weighted by Gasteiger charge is -2.15. The number of aromatic nitrogens is 1. The van der Waals surface area contributed by atoms with E-state index >= 15 is 0 Å². The lowest BCUT2D eigenvalue weighted by Crippen LogP contribution is -2.25. The van der Waals surface area contributed by atoms with E-state index in [-0.39, 0.29) is 18.0 Å². The van der Waals surface area contributed by atoms with Crippen molar-refractivity contribution in [1.29, 1.82) is 0 Å². The van der Waals surface area contributed by atoms with Crippen molar-refractivity contribution in [2.75, 3.05) is 0 Å². The Kier molecular flexibility index (Phi) is 5.36. The van der Waals surface area contributed by atoms with Crippen molar-refractivity contribution in [1.82, 2.24) is 10.3 Å². The molecule has 0 spiro atoms. The summed E-state index contributed by atoms with van der Waals surface area (Å²) in [7, 11) is 0. The molecule has 0 unspecified atom stereocenters. The minimum atomic E-state index is -4.46. The predicted molar refractivity (Wildman–Crippen MR) is 98.4 cm³/mol. The Balaban J connectivity index is 1.94. The lowest BCUT2D eigenvalue weighted by atomic mass is 10.00. The lowest BCUT2D eigenvalue weighted by molar-refractivity contribution is -0.137. The highest BCUT2D eigenvalue weighted by molar-refractivity contribution is 5.99. The van der Waals surface area contributed by atoms with Crippen molar-refractivity contribution in [3.8, 4) is 0 Å². The molecule has 0 saturated heterocycles. The third-order valence-corrected chi connectivity index (χ3v) is 4.31.